The number of carbonyl (C=O) groups excluding carboxylic acids is 2. The average molecular weight is 434 g/mol. The summed E-state index contributed by atoms with van der Waals surface area (Å²) in [5.41, 5.74) is 1.89. The number of nitrogens with zero attached hydrogens (tertiary/aromatic N) is 2. The zero-order valence-electron chi connectivity index (χ0n) is 17.2. The summed E-state index contributed by atoms with van der Waals surface area (Å²) in [6, 6.07) is 21.0. The number of fused-ring (bicyclic) bond motifs is 1. The van der Waals surface area contributed by atoms with E-state index in [-0.39, 0.29) is 18.4 Å². The van der Waals surface area contributed by atoms with E-state index in [4.69, 9.17) is 4.74 Å². The van der Waals surface area contributed by atoms with Crippen molar-refractivity contribution in [2.45, 2.75) is 17.4 Å². The van der Waals surface area contributed by atoms with Gasteiger partial charge in [-0.05, 0) is 42.5 Å². The molecule has 0 saturated heterocycles. The summed E-state index contributed by atoms with van der Waals surface area (Å²) in [4.78, 5) is 32.7. The third kappa shape index (κ3) is 4.88. The van der Waals surface area contributed by atoms with Gasteiger partial charge in [-0.3, -0.25) is 14.5 Å². The van der Waals surface area contributed by atoms with Crippen LogP contribution in [0.25, 0.3) is 0 Å². The number of pyridine rings is 1. The second-order valence-corrected chi connectivity index (χ2v) is 7.99. The fraction of sp³-hybridized carbons (Fsp3) is 0.208. The van der Waals surface area contributed by atoms with Gasteiger partial charge in [-0.25, -0.2) is 4.98 Å². The zero-order chi connectivity index (χ0) is 21.6. The molecule has 2 amide bonds. The standard InChI is InChI=1S/C24H23N3O3S/c1-31-19-11-9-17(10-12-19)13-15-25-21(28)16-27-23-20(8-5-14-26-23)30-22(24(27)29)18-6-3-2-4-7-18/h2-12,14,22H,13,15-16H2,1H3,(H,25,28). The quantitative estimate of drug-likeness (QED) is 0.576. The van der Waals surface area contributed by atoms with E-state index in [1.807, 2.05) is 36.6 Å². The first-order chi connectivity index (χ1) is 15.2. The molecule has 3 aromatic rings. The minimum absolute atomic E-state index is 0.110. The number of benzene rings is 2. The van der Waals surface area contributed by atoms with Crippen molar-refractivity contribution >= 4 is 29.4 Å². The van der Waals surface area contributed by atoms with E-state index in [2.05, 4.69) is 34.6 Å². The third-order valence-corrected chi connectivity index (χ3v) is 5.78. The monoisotopic (exact) mass is 433 g/mol. The molecule has 6 nitrogen and oxygen atoms in total. The van der Waals surface area contributed by atoms with Crippen LogP contribution in [0.2, 0.25) is 0 Å². The lowest BCUT2D eigenvalue weighted by Crippen LogP contribution is -2.47. The molecule has 0 fully saturated rings. The molecule has 1 aromatic heterocycles. The van der Waals surface area contributed by atoms with E-state index >= 15 is 0 Å². The highest BCUT2D eigenvalue weighted by atomic mass is 32.2. The predicted molar refractivity (Wildman–Crippen MR) is 121 cm³/mol. The molecule has 0 bridgehead atoms. The summed E-state index contributed by atoms with van der Waals surface area (Å²) in [6.07, 6.45) is 3.54. The van der Waals surface area contributed by atoms with Crippen molar-refractivity contribution in [1.29, 1.82) is 0 Å². The molecule has 2 aromatic carbocycles. The van der Waals surface area contributed by atoms with Crippen molar-refractivity contribution in [3.63, 3.8) is 0 Å². The SMILES string of the molecule is CSc1ccc(CCNC(=O)CN2C(=O)C(c3ccccc3)Oc3cccnc32)cc1. The first kappa shape index (κ1) is 20.9. The van der Waals surface area contributed by atoms with Crippen molar-refractivity contribution in [3.8, 4) is 5.75 Å². The number of hydrogen-bond donors (Lipinski definition) is 1. The van der Waals surface area contributed by atoms with E-state index in [1.54, 1.807) is 30.1 Å². The zero-order valence-corrected chi connectivity index (χ0v) is 18.0. The largest absolute Gasteiger partial charge is 0.472 e. The van der Waals surface area contributed by atoms with Crippen molar-refractivity contribution in [1.82, 2.24) is 10.3 Å². The summed E-state index contributed by atoms with van der Waals surface area (Å²) in [5.74, 6) is 0.305. The first-order valence-corrected chi connectivity index (χ1v) is 11.3. The van der Waals surface area contributed by atoms with Gasteiger partial charge < -0.3 is 10.1 Å². The maximum atomic E-state index is 13.2. The number of thioether (sulfide) groups is 1. The van der Waals surface area contributed by atoms with Crippen LogP contribution in [0.3, 0.4) is 0 Å². The van der Waals surface area contributed by atoms with Gasteiger partial charge in [0, 0.05) is 23.2 Å². The number of amides is 2. The van der Waals surface area contributed by atoms with Gasteiger partial charge in [0.25, 0.3) is 5.91 Å². The van der Waals surface area contributed by atoms with Crippen LogP contribution in [0.4, 0.5) is 5.82 Å². The van der Waals surface area contributed by atoms with Crippen LogP contribution in [-0.4, -0.2) is 36.1 Å². The Kier molecular flexibility index (Phi) is 6.52. The fourth-order valence-corrected chi connectivity index (χ4v) is 3.84. The Bertz CT molecular complexity index is 1060. The van der Waals surface area contributed by atoms with E-state index < -0.39 is 6.10 Å². The van der Waals surface area contributed by atoms with E-state index in [0.717, 1.165) is 17.5 Å². The highest BCUT2D eigenvalue weighted by Crippen LogP contribution is 2.36. The number of rotatable bonds is 7. The molecule has 2 heterocycles. The van der Waals surface area contributed by atoms with Crippen LogP contribution < -0.4 is 15.0 Å². The maximum Gasteiger partial charge on any atom is 0.274 e. The summed E-state index contributed by atoms with van der Waals surface area (Å²) >= 11 is 1.70. The Labute approximate surface area is 185 Å². The molecule has 158 valence electrons. The van der Waals surface area contributed by atoms with Crippen LogP contribution in [0.1, 0.15) is 17.2 Å². The van der Waals surface area contributed by atoms with Gasteiger partial charge in [-0.2, -0.15) is 0 Å². The van der Waals surface area contributed by atoms with Gasteiger partial charge in [0.2, 0.25) is 12.0 Å². The number of hydrogen-bond acceptors (Lipinski definition) is 5. The van der Waals surface area contributed by atoms with E-state index in [1.165, 1.54) is 9.80 Å². The molecule has 0 radical (unpaired) electrons. The molecule has 4 rings (SSSR count). The lowest BCUT2D eigenvalue weighted by atomic mass is 10.1. The number of nitrogens with one attached hydrogen (secondary N) is 1. The molecule has 0 aliphatic carbocycles. The summed E-state index contributed by atoms with van der Waals surface area (Å²) in [7, 11) is 0. The minimum Gasteiger partial charge on any atom is -0.472 e. The second kappa shape index (κ2) is 9.66. The number of carbonyl (C=O) groups is 2. The predicted octanol–water partition coefficient (Wildman–Crippen LogP) is 3.63. The molecule has 31 heavy (non-hydrogen) atoms. The van der Waals surface area contributed by atoms with Crippen molar-refractivity contribution < 1.29 is 14.3 Å². The molecule has 0 saturated carbocycles. The summed E-state index contributed by atoms with van der Waals surface area (Å²) in [5, 5.41) is 2.91. The van der Waals surface area contributed by atoms with Crippen LogP contribution in [0.15, 0.2) is 77.8 Å². The summed E-state index contributed by atoms with van der Waals surface area (Å²) in [6.45, 7) is 0.383. The topological polar surface area (TPSA) is 71.5 Å². The number of anilines is 1. The number of ether oxygens (including phenoxy) is 1. The van der Waals surface area contributed by atoms with Crippen molar-refractivity contribution in [3.05, 3.63) is 84.1 Å². The average Bonchev–Trinajstić information content (AvgIpc) is 2.82. The van der Waals surface area contributed by atoms with Crippen LogP contribution >= 0.6 is 11.8 Å². The van der Waals surface area contributed by atoms with Gasteiger partial charge in [0.05, 0.1) is 0 Å². The maximum absolute atomic E-state index is 13.2. The molecule has 1 aliphatic rings. The van der Waals surface area contributed by atoms with Gasteiger partial charge in [0.15, 0.2) is 11.6 Å². The van der Waals surface area contributed by atoms with Crippen molar-refractivity contribution in [2.24, 2.45) is 0 Å². The van der Waals surface area contributed by atoms with Crippen LogP contribution in [-0.2, 0) is 16.0 Å². The van der Waals surface area contributed by atoms with Gasteiger partial charge in [0.1, 0.15) is 6.54 Å². The highest BCUT2D eigenvalue weighted by Gasteiger charge is 2.37. The van der Waals surface area contributed by atoms with E-state index in [0.29, 0.717) is 18.1 Å². The van der Waals surface area contributed by atoms with Crippen LogP contribution in [0, 0.1) is 0 Å². The lowest BCUT2D eigenvalue weighted by molar-refractivity contribution is -0.129. The summed E-state index contributed by atoms with van der Waals surface area (Å²) < 4.78 is 5.91. The Morgan fingerprint density at radius 2 is 1.87 bits per heavy atom. The molecule has 0 spiro atoms. The molecule has 1 atom stereocenters. The first-order valence-electron chi connectivity index (χ1n) is 10.0. The van der Waals surface area contributed by atoms with Gasteiger partial charge in [-0.15, -0.1) is 11.8 Å². The normalized spacial score (nSPS) is 15.2. The number of aromatic nitrogens is 1. The third-order valence-electron chi connectivity index (χ3n) is 5.04. The highest BCUT2D eigenvalue weighted by molar-refractivity contribution is 7.98. The minimum atomic E-state index is -0.805. The molecule has 7 heteroatoms. The van der Waals surface area contributed by atoms with Crippen molar-refractivity contribution in [2.75, 3.05) is 24.2 Å². The smallest absolute Gasteiger partial charge is 0.274 e. The molecule has 1 aliphatic heterocycles. The van der Waals surface area contributed by atoms with E-state index in [9.17, 15) is 9.59 Å². The Balaban J connectivity index is 1.43. The molecular weight excluding hydrogens is 410 g/mol. The van der Waals surface area contributed by atoms with Gasteiger partial charge >= 0.3 is 0 Å². The second-order valence-electron chi connectivity index (χ2n) is 7.11. The molecule has 1 N–H and O–H groups in total. The Morgan fingerprint density at radius 3 is 2.61 bits per heavy atom. The fourth-order valence-electron chi connectivity index (χ4n) is 3.43. The van der Waals surface area contributed by atoms with Gasteiger partial charge in [-0.1, -0.05) is 42.5 Å². The Morgan fingerprint density at radius 1 is 1.10 bits per heavy atom. The molecule has 1 unspecified atom stereocenters. The molecular formula is C24H23N3O3S. The Hall–Kier alpha value is -3.32. The van der Waals surface area contributed by atoms with Crippen LogP contribution in [0.5, 0.6) is 5.75 Å². The lowest BCUT2D eigenvalue weighted by Gasteiger charge is -2.33.